The average Bonchev–Trinajstić information content (AvgIpc) is 2.53. The number of aromatic amines is 1. The van der Waals surface area contributed by atoms with Crippen molar-refractivity contribution in [2.75, 3.05) is 6.54 Å². The lowest BCUT2D eigenvalue weighted by molar-refractivity contribution is 0.0949. The van der Waals surface area contributed by atoms with Gasteiger partial charge in [0.05, 0.1) is 17.8 Å². The highest BCUT2D eigenvalue weighted by atomic mass is 16.3. The molecule has 0 bridgehead atoms. The van der Waals surface area contributed by atoms with Crippen molar-refractivity contribution in [3.63, 3.8) is 0 Å². The van der Waals surface area contributed by atoms with Crippen molar-refractivity contribution in [1.29, 1.82) is 0 Å². The topological polar surface area (TPSA) is 60.9 Å². The molecule has 0 spiro atoms. The van der Waals surface area contributed by atoms with Crippen LogP contribution >= 0.6 is 0 Å². The molecule has 0 aliphatic carbocycles. The molecule has 0 amide bonds. The Kier molecular flexibility index (Phi) is 2.33. The van der Waals surface area contributed by atoms with Crippen LogP contribution in [0, 0.1) is 6.92 Å². The van der Waals surface area contributed by atoms with Crippen molar-refractivity contribution in [2.45, 2.75) is 31.9 Å². The van der Waals surface area contributed by atoms with Crippen molar-refractivity contribution in [3.05, 3.63) is 17.7 Å². The second-order valence-corrected chi connectivity index (χ2v) is 3.57. The van der Waals surface area contributed by atoms with E-state index in [-0.39, 0.29) is 12.1 Å². The van der Waals surface area contributed by atoms with Crippen LogP contribution in [-0.2, 0) is 0 Å². The molecule has 3 N–H and O–H groups in total. The number of piperidine rings is 1. The molecule has 0 aromatic carbocycles. The number of rotatable bonds is 1. The van der Waals surface area contributed by atoms with E-state index in [1.165, 1.54) is 0 Å². The van der Waals surface area contributed by atoms with E-state index < -0.39 is 0 Å². The molecule has 1 aliphatic heterocycles. The van der Waals surface area contributed by atoms with Crippen LogP contribution in [0.25, 0.3) is 0 Å². The van der Waals surface area contributed by atoms with Gasteiger partial charge in [0.15, 0.2) is 0 Å². The molecule has 1 aromatic rings. The van der Waals surface area contributed by atoms with Crippen LogP contribution in [0.5, 0.6) is 0 Å². The summed E-state index contributed by atoms with van der Waals surface area (Å²) in [7, 11) is 0. The zero-order valence-electron chi connectivity index (χ0n) is 7.75. The lowest BCUT2D eigenvalue weighted by atomic mass is 9.99. The minimum Gasteiger partial charge on any atom is -0.391 e. The summed E-state index contributed by atoms with van der Waals surface area (Å²) in [6.45, 7) is 2.89. The second kappa shape index (κ2) is 3.47. The van der Waals surface area contributed by atoms with Gasteiger partial charge in [0.2, 0.25) is 0 Å². The highest BCUT2D eigenvalue weighted by Gasteiger charge is 2.25. The van der Waals surface area contributed by atoms with Gasteiger partial charge in [-0.1, -0.05) is 0 Å². The quantitative estimate of drug-likeness (QED) is 0.591. The molecule has 2 unspecified atom stereocenters. The molecule has 0 saturated carbocycles. The van der Waals surface area contributed by atoms with E-state index in [4.69, 9.17) is 0 Å². The summed E-state index contributed by atoms with van der Waals surface area (Å²) in [5.41, 5.74) is 0.990. The van der Waals surface area contributed by atoms with Gasteiger partial charge in [-0.25, -0.2) is 4.98 Å². The summed E-state index contributed by atoms with van der Waals surface area (Å²) in [6, 6.07) is 0.0370. The Bertz CT molecular complexity index is 284. The van der Waals surface area contributed by atoms with E-state index in [1.807, 2.05) is 6.92 Å². The standard InChI is InChI=1S/C9H15N3O/c1-6-11-5-7(12-6)9-8(13)3-2-4-10-9/h5,8-10,13H,2-4H2,1H3,(H,11,12). The number of hydrogen-bond donors (Lipinski definition) is 3. The molecule has 1 saturated heterocycles. The summed E-state index contributed by atoms with van der Waals surface area (Å²) in [5.74, 6) is 0.898. The fourth-order valence-electron chi connectivity index (χ4n) is 1.79. The molecular formula is C9H15N3O. The fraction of sp³-hybridized carbons (Fsp3) is 0.667. The summed E-state index contributed by atoms with van der Waals surface area (Å²) in [5, 5.41) is 13.0. The molecule has 4 nitrogen and oxygen atoms in total. The smallest absolute Gasteiger partial charge is 0.103 e. The SMILES string of the molecule is Cc1ncc(C2NCCCC2O)[nH]1. The van der Waals surface area contributed by atoms with E-state index in [0.717, 1.165) is 30.9 Å². The molecular weight excluding hydrogens is 166 g/mol. The van der Waals surface area contributed by atoms with E-state index in [2.05, 4.69) is 15.3 Å². The Hall–Kier alpha value is -0.870. The van der Waals surface area contributed by atoms with Crippen molar-refractivity contribution in [3.8, 4) is 0 Å². The maximum atomic E-state index is 9.72. The van der Waals surface area contributed by atoms with E-state index in [0.29, 0.717) is 0 Å². The van der Waals surface area contributed by atoms with E-state index in [9.17, 15) is 5.11 Å². The van der Waals surface area contributed by atoms with E-state index in [1.54, 1.807) is 6.20 Å². The maximum absolute atomic E-state index is 9.72. The van der Waals surface area contributed by atoms with Crippen molar-refractivity contribution >= 4 is 0 Å². The Labute approximate surface area is 77.4 Å². The molecule has 2 heterocycles. The van der Waals surface area contributed by atoms with Gasteiger partial charge in [-0.3, -0.25) is 0 Å². The van der Waals surface area contributed by atoms with E-state index >= 15 is 0 Å². The minimum absolute atomic E-state index is 0.0370. The lowest BCUT2D eigenvalue weighted by Gasteiger charge is -2.27. The fourth-order valence-corrected chi connectivity index (χ4v) is 1.79. The second-order valence-electron chi connectivity index (χ2n) is 3.57. The van der Waals surface area contributed by atoms with Crippen LogP contribution in [0.2, 0.25) is 0 Å². The molecule has 0 radical (unpaired) electrons. The van der Waals surface area contributed by atoms with Crippen LogP contribution in [0.15, 0.2) is 6.20 Å². The Morgan fingerprint density at radius 2 is 2.46 bits per heavy atom. The zero-order chi connectivity index (χ0) is 9.26. The first-order valence-electron chi connectivity index (χ1n) is 4.70. The highest BCUT2D eigenvalue weighted by Crippen LogP contribution is 2.21. The predicted octanol–water partition coefficient (Wildman–Crippen LogP) is 0.504. The van der Waals surface area contributed by atoms with Crippen molar-refractivity contribution < 1.29 is 5.11 Å². The zero-order valence-corrected chi connectivity index (χ0v) is 7.75. The number of H-pyrrole nitrogens is 1. The first kappa shape index (κ1) is 8.72. The summed E-state index contributed by atoms with van der Waals surface area (Å²) < 4.78 is 0. The number of aromatic nitrogens is 2. The van der Waals surface area contributed by atoms with Crippen LogP contribution < -0.4 is 5.32 Å². The summed E-state index contributed by atoms with van der Waals surface area (Å²) in [6.07, 6.45) is 3.43. The predicted molar refractivity (Wildman–Crippen MR) is 49.3 cm³/mol. The number of hydrogen-bond acceptors (Lipinski definition) is 3. The van der Waals surface area contributed by atoms with Crippen LogP contribution in [0.1, 0.15) is 30.4 Å². The van der Waals surface area contributed by atoms with Crippen molar-refractivity contribution in [2.24, 2.45) is 0 Å². The number of aliphatic hydroxyl groups excluding tert-OH is 1. The van der Waals surface area contributed by atoms with Crippen LogP contribution in [0.3, 0.4) is 0 Å². The molecule has 2 rings (SSSR count). The molecule has 1 fully saturated rings. The molecule has 13 heavy (non-hydrogen) atoms. The highest BCUT2D eigenvalue weighted by molar-refractivity contribution is 5.09. The molecule has 1 aromatic heterocycles. The Morgan fingerprint density at radius 3 is 3.08 bits per heavy atom. The number of nitrogens with zero attached hydrogens (tertiary/aromatic N) is 1. The monoisotopic (exact) mass is 181 g/mol. The third kappa shape index (κ3) is 1.73. The number of aryl methyl sites for hydroxylation is 1. The molecule has 72 valence electrons. The Balaban J connectivity index is 2.14. The normalized spacial score (nSPS) is 29.1. The molecule has 4 heteroatoms. The largest absolute Gasteiger partial charge is 0.391 e. The molecule has 2 atom stereocenters. The van der Waals surface area contributed by atoms with Gasteiger partial charge in [0.25, 0.3) is 0 Å². The number of aliphatic hydroxyl groups is 1. The van der Waals surface area contributed by atoms with Crippen LogP contribution in [0.4, 0.5) is 0 Å². The van der Waals surface area contributed by atoms with Gasteiger partial charge in [-0.2, -0.15) is 0 Å². The van der Waals surface area contributed by atoms with Gasteiger partial charge in [-0.15, -0.1) is 0 Å². The summed E-state index contributed by atoms with van der Waals surface area (Å²) in [4.78, 5) is 7.26. The lowest BCUT2D eigenvalue weighted by Crippen LogP contribution is -2.37. The number of imidazole rings is 1. The summed E-state index contributed by atoms with van der Waals surface area (Å²) >= 11 is 0. The van der Waals surface area contributed by atoms with Gasteiger partial charge in [0, 0.05) is 6.20 Å². The van der Waals surface area contributed by atoms with Gasteiger partial charge in [0.1, 0.15) is 5.82 Å². The first-order chi connectivity index (χ1) is 6.27. The van der Waals surface area contributed by atoms with Gasteiger partial charge < -0.3 is 15.4 Å². The van der Waals surface area contributed by atoms with Gasteiger partial charge >= 0.3 is 0 Å². The number of nitrogens with one attached hydrogen (secondary N) is 2. The van der Waals surface area contributed by atoms with Crippen molar-refractivity contribution in [1.82, 2.24) is 15.3 Å². The van der Waals surface area contributed by atoms with Crippen LogP contribution in [-0.4, -0.2) is 27.7 Å². The van der Waals surface area contributed by atoms with Gasteiger partial charge in [-0.05, 0) is 26.3 Å². The maximum Gasteiger partial charge on any atom is 0.103 e. The third-order valence-corrected chi connectivity index (χ3v) is 2.48. The average molecular weight is 181 g/mol. The first-order valence-corrected chi connectivity index (χ1v) is 4.70. The Morgan fingerprint density at radius 1 is 1.62 bits per heavy atom. The third-order valence-electron chi connectivity index (χ3n) is 2.48. The molecule has 1 aliphatic rings. The minimum atomic E-state index is -0.284.